The third-order valence-electron chi connectivity index (χ3n) is 2.45. The molecule has 0 saturated carbocycles. The van der Waals surface area contributed by atoms with Crippen LogP contribution in [0.5, 0.6) is 0 Å². The molecule has 0 saturated heterocycles. The number of nitrogens with zero attached hydrogens (tertiary/aromatic N) is 1. The number of pyridine rings is 1. The molecule has 2 rings (SSSR count). The average molecular weight is 363 g/mol. The molecule has 0 fully saturated rings. The largest absolute Gasteiger partial charge is 0.416 e. The lowest BCUT2D eigenvalue weighted by Crippen LogP contribution is -2.04. The van der Waals surface area contributed by atoms with Gasteiger partial charge in [-0.2, -0.15) is 13.2 Å². The molecule has 0 atom stereocenters. The zero-order valence-electron chi connectivity index (χ0n) is 9.42. The molecule has 2 aromatic rings. The van der Waals surface area contributed by atoms with E-state index in [4.69, 9.17) is 0 Å². The van der Waals surface area contributed by atoms with E-state index in [0.717, 1.165) is 21.4 Å². The molecule has 0 unspecified atom stereocenters. The Bertz CT molecular complexity index is 541. The molecule has 0 spiro atoms. The van der Waals surface area contributed by atoms with Gasteiger partial charge in [0.25, 0.3) is 0 Å². The summed E-state index contributed by atoms with van der Waals surface area (Å²) in [5.41, 5.74) is 1.76. The summed E-state index contributed by atoms with van der Waals surface area (Å²) in [6.45, 7) is 1.93. The van der Waals surface area contributed by atoms with Crippen LogP contribution in [-0.2, 0) is 6.18 Å². The van der Waals surface area contributed by atoms with Crippen LogP contribution in [-0.4, -0.2) is 4.98 Å². The topological polar surface area (TPSA) is 12.9 Å². The molecule has 1 aromatic heterocycles. The fourth-order valence-corrected chi connectivity index (χ4v) is 2.35. The van der Waals surface area contributed by atoms with Crippen molar-refractivity contribution in [3.05, 3.63) is 51.2 Å². The summed E-state index contributed by atoms with van der Waals surface area (Å²) in [6.07, 6.45) is -4.30. The zero-order chi connectivity index (χ0) is 13.3. The molecule has 1 heterocycles. The van der Waals surface area contributed by atoms with E-state index in [1.54, 1.807) is 0 Å². The Morgan fingerprint density at radius 1 is 1.06 bits per heavy atom. The van der Waals surface area contributed by atoms with E-state index < -0.39 is 11.7 Å². The number of aromatic nitrogens is 1. The molecule has 0 radical (unpaired) electrons. The summed E-state index contributed by atoms with van der Waals surface area (Å²) in [4.78, 5) is 4.30. The SMILES string of the molecule is Cc1cc(I)nc(-c2ccc(C(F)(F)F)cc2)c1. The van der Waals surface area contributed by atoms with Crippen LogP contribution in [0.3, 0.4) is 0 Å². The van der Waals surface area contributed by atoms with Gasteiger partial charge in [-0.1, -0.05) is 12.1 Å². The Morgan fingerprint density at radius 2 is 1.67 bits per heavy atom. The predicted molar refractivity (Wildman–Crippen MR) is 72.1 cm³/mol. The summed E-state index contributed by atoms with van der Waals surface area (Å²) in [5, 5.41) is 0. The molecule has 0 aliphatic carbocycles. The zero-order valence-corrected chi connectivity index (χ0v) is 11.6. The van der Waals surface area contributed by atoms with E-state index in [9.17, 15) is 13.2 Å². The summed E-state index contributed by atoms with van der Waals surface area (Å²) in [5.74, 6) is 0. The fourth-order valence-electron chi connectivity index (χ4n) is 1.60. The van der Waals surface area contributed by atoms with Gasteiger partial charge in [0.1, 0.15) is 3.70 Å². The molecule has 94 valence electrons. The third-order valence-corrected chi connectivity index (χ3v) is 3.00. The minimum absolute atomic E-state index is 0.645. The van der Waals surface area contributed by atoms with E-state index in [0.29, 0.717) is 11.3 Å². The first-order chi connectivity index (χ1) is 8.36. The van der Waals surface area contributed by atoms with Gasteiger partial charge in [0.2, 0.25) is 0 Å². The lowest BCUT2D eigenvalue weighted by Gasteiger charge is -2.08. The minimum atomic E-state index is -4.30. The van der Waals surface area contributed by atoms with Crippen molar-refractivity contribution < 1.29 is 13.2 Å². The van der Waals surface area contributed by atoms with Crippen LogP contribution < -0.4 is 0 Å². The highest BCUT2D eigenvalue weighted by molar-refractivity contribution is 14.1. The second kappa shape index (κ2) is 4.87. The van der Waals surface area contributed by atoms with Crippen LogP contribution in [0.4, 0.5) is 13.2 Å². The Kier molecular flexibility index (Phi) is 3.61. The van der Waals surface area contributed by atoms with Crippen molar-refractivity contribution in [3.63, 3.8) is 0 Å². The van der Waals surface area contributed by atoms with E-state index >= 15 is 0 Å². The first-order valence-electron chi connectivity index (χ1n) is 5.18. The van der Waals surface area contributed by atoms with Crippen LogP contribution in [0.25, 0.3) is 11.3 Å². The smallest absolute Gasteiger partial charge is 0.242 e. The Balaban J connectivity index is 2.40. The van der Waals surface area contributed by atoms with Crippen LogP contribution >= 0.6 is 22.6 Å². The molecule has 1 aromatic carbocycles. The second-order valence-corrected chi connectivity index (χ2v) is 5.03. The predicted octanol–water partition coefficient (Wildman–Crippen LogP) is 4.68. The van der Waals surface area contributed by atoms with Crippen molar-refractivity contribution in [1.82, 2.24) is 4.98 Å². The third kappa shape index (κ3) is 3.01. The van der Waals surface area contributed by atoms with Gasteiger partial charge >= 0.3 is 6.18 Å². The van der Waals surface area contributed by atoms with E-state index in [-0.39, 0.29) is 0 Å². The maximum atomic E-state index is 12.4. The van der Waals surface area contributed by atoms with E-state index in [1.165, 1.54) is 12.1 Å². The molecule has 18 heavy (non-hydrogen) atoms. The standard InChI is InChI=1S/C13H9F3IN/c1-8-6-11(18-12(17)7-8)9-2-4-10(5-3-9)13(14,15)16/h2-7H,1H3. The lowest BCUT2D eigenvalue weighted by atomic mass is 10.1. The van der Waals surface area contributed by atoms with E-state index in [1.807, 2.05) is 19.1 Å². The Labute approximate surface area is 116 Å². The number of benzene rings is 1. The number of rotatable bonds is 1. The monoisotopic (exact) mass is 363 g/mol. The van der Waals surface area contributed by atoms with Gasteiger partial charge in [-0.05, 0) is 59.3 Å². The van der Waals surface area contributed by atoms with Gasteiger partial charge < -0.3 is 0 Å². The van der Waals surface area contributed by atoms with Gasteiger partial charge in [0.05, 0.1) is 11.3 Å². The summed E-state index contributed by atoms with van der Waals surface area (Å²) in [7, 11) is 0. The van der Waals surface area contributed by atoms with Gasteiger partial charge in [-0.15, -0.1) is 0 Å². The highest BCUT2D eigenvalue weighted by Gasteiger charge is 2.29. The summed E-state index contributed by atoms with van der Waals surface area (Å²) < 4.78 is 38.1. The quantitative estimate of drug-likeness (QED) is 0.530. The van der Waals surface area contributed by atoms with Crippen LogP contribution in [0.1, 0.15) is 11.1 Å². The number of halogens is 4. The molecule has 0 aliphatic heterocycles. The van der Waals surface area contributed by atoms with Crippen molar-refractivity contribution >= 4 is 22.6 Å². The summed E-state index contributed by atoms with van der Waals surface area (Å²) >= 11 is 2.09. The maximum absolute atomic E-state index is 12.4. The normalized spacial score (nSPS) is 11.6. The second-order valence-electron chi connectivity index (χ2n) is 3.93. The van der Waals surface area contributed by atoms with Gasteiger partial charge in [0, 0.05) is 5.56 Å². The minimum Gasteiger partial charge on any atom is -0.242 e. The fraction of sp³-hybridized carbons (Fsp3) is 0.154. The van der Waals surface area contributed by atoms with E-state index in [2.05, 4.69) is 27.6 Å². The van der Waals surface area contributed by atoms with Crippen LogP contribution in [0, 0.1) is 10.6 Å². The molecule has 1 nitrogen and oxygen atoms in total. The summed E-state index contributed by atoms with van der Waals surface area (Å²) in [6, 6.07) is 8.80. The van der Waals surface area contributed by atoms with Crippen molar-refractivity contribution in [2.24, 2.45) is 0 Å². The van der Waals surface area contributed by atoms with Crippen molar-refractivity contribution in [3.8, 4) is 11.3 Å². The number of hydrogen-bond donors (Lipinski definition) is 0. The molecule has 0 N–H and O–H groups in total. The highest BCUT2D eigenvalue weighted by atomic mass is 127. The van der Waals surface area contributed by atoms with Crippen LogP contribution in [0.15, 0.2) is 36.4 Å². The van der Waals surface area contributed by atoms with Crippen LogP contribution in [0.2, 0.25) is 0 Å². The average Bonchev–Trinajstić information content (AvgIpc) is 2.27. The first-order valence-corrected chi connectivity index (χ1v) is 6.26. The van der Waals surface area contributed by atoms with Crippen molar-refractivity contribution in [2.45, 2.75) is 13.1 Å². The number of alkyl halides is 3. The Hall–Kier alpha value is -1.11. The maximum Gasteiger partial charge on any atom is 0.416 e. The molecular weight excluding hydrogens is 354 g/mol. The molecule has 0 bridgehead atoms. The molecule has 5 heteroatoms. The van der Waals surface area contributed by atoms with Gasteiger partial charge in [-0.3, -0.25) is 0 Å². The number of aryl methyl sites for hydroxylation is 1. The molecular formula is C13H9F3IN. The van der Waals surface area contributed by atoms with Gasteiger partial charge in [0.15, 0.2) is 0 Å². The molecule has 0 aliphatic rings. The lowest BCUT2D eigenvalue weighted by molar-refractivity contribution is -0.137. The molecule has 0 amide bonds. The highest BCUT2D eigenvalue weighted by Crippen LogP contribution is 2.30. The Morgan fingerprint density at radius 3 is 2.17 bits per heavy atom. The van der Waals surface area contributed by atoms with Crippen molar-refractivity contribution in [2.75, 3.05) is 0 Å². The van der Waals surface area contributed by atoms with Gasteiger partial charge in [-0.25, -0.2) is 4.98 Å². The first kappa shape index (κ1) is 13.3. The number of hydrogen-bond acceptors (Lipinski definition) is 1. The van der Waals surface area contributed by atoms with Crippen molar-refractivity contribution in [1.29, 1.82) is 0 Å².